The first-order valence-electron chi connectivity index (χ1n) is 5.38. The lowest BCUT2D eigenvalue weighted by molar-refractivity contribution is 0.0686. The van der Waals surface area contributed by atoms with E-state index < -0.39 is 11.5 Å². The smallest absolute Gasteiger partial charge is 0.355 e. The van der Waals surface area contributed by atoms with E-state index in [-0.39, 0.29) is 5.69 Å². The Labute approximate surface area is 104 Å². The Morgan fingerprint density at radius 3 is 2.88 bits per heavy atom. The van der Waals surface area contributed by atoms with E-state index in [9.17, 15) is 4.79 Å². The van der Waals surface area contributed by atoms with Crippen LogP contribution in [0.5, 0.6) is 0 Å². The molecule has 5 heteroatoms. The fourth-order valence-corrected chi connectivity index (χ4v) is 2.51. The van der Waals surface area contributed by atoms with E-state index in [0.29, 0.717) is 4.90 Å². The van der Waals surface area contributed by atoms with Crippen molar-refractivity contribution in [1.29, 1.82) is 0 Å². The number of rotatable bonds is 4. The van der Waals surface area contributed by atoms with E-state index in [4.69, 9.17) is 11.7 Å². The van der Waals surface area contributed by atoms with Gasteiger partial charge in [-0.1, -0.05) is 6.92 Å². The van der Waals surface area contributed by atoms with Crippen molar-refractivity contribution in [3.8, 4) is 0 Å². The molecule has 0 amide bonds. The number of carbonyl (C=O) groups is 1. The van der Waals surface area contributed by atoms with E-state index in [2.05, 4.69) is 9.83 Å². The summed E-state index contributed by atoms with van der Waals surface area (Å²) in [6.07, 6.45) is 3.23. The molecule has 1 fully saturated rings. The van der Waals surface area contributed by atoms with Crippen LogP contribution in [0.3, 0.4) is 0 Å². The van der Waals surface area contributed by atoms with Crippen LogP contribution < -0.4 is 0 Å². The van der Waals surface area contributed by atoms with Gasteiger partial charge < -0.3 is 9.95 Å². The average Bonchev–Trinajstić information content (AvgIpc) is 3.10. The third kappa shape index (κ3) is 2.13. The molecule has 1 aromatic rings. The van der Waals surface area contributed by atoms with Crippen molar-refractivity contribution < 1.29 is 9.90 Å². The zero-order valence-electron chi connectivity index (χ0n) is 9.43. The molecule has 4 nitrogen and oxygen atoms in total. The lowest BCUT2D eigenvalue weighted by Crippen LogP contribution is -2.07. The fourth-order valence-electron chi connectivity index (χ4n) is 1.71. The van der Waals surface area contributed by atoms with Crippen LogP contribution in [0.4, 0.5) is 0 Å². The van der Waals surface area contributed by atoms with Crippen molar-refractivity contribution in [3.05, 3.63) is 34.9 Å². The van der Waals surface area contributed by atoms with Gasteiger partial charge in [0, 0.05) is 23.9 Å². The third-order valence-corrected chi connectivity index (χ3v) is 3.74. The first-order chi connectivity index (χ1) is 8.13. The van der Waals surface area contributed by atoms with Gasteiger partial charge in [0.1, 0.15) is 0 Å². The summed E-state index contributed by atoms with van der Waals surface area (Å²) in [6, 6.07) is 1.82. The predicted molar refractivity (Wildman–Crippen MR) is 65.1 cm³/mol. The second-order valence-electron chi connectivity index (χ2n) is 3.95. The number of nitrogens with zero attached hydrogens (tertiary/aromatic N) is 2. The molecular formula is C12H12N2O2S. The van der Waals surface area contributed by atoms with Gasteiger partial charge in [0.2, 0.25) is 0 Å². The fraction of sp³-hybridized carbons (Fsp3) is 0.417. The Bertz CT molecular complexity index is 504. The molecule has 17 heavy (non-hydrogen) atoms. The molecule has 0 unspecified atom stereocenters. The molecule has 0 aromatic carbocycles. The maximum Gasteiger partial charge on any atom is 0.355 e. The Morgan fingerprint density at radius 1 is 1.71 bits per heavy atom. The van der Waals surface area contributed by atoms with Crippen LogP contribution in [-0.4, -0.2) is 21.8 Å². The van der Waals surface area contributed by atoms with Crippen LogP contribution in [0.25, 0.3) is 4.85 Å². The predicted octanol–water partition coefficient (Wildman–Crippen LogP) is 2.80. The van der Waals surface area contributed by atoms with E-state index in [1.807, 2.05) is 13.0 Å². The highest BCUT2D eigenvalue weighted by molar-refractivity contribution is 7.99. The third-order valence-electron chi connectivity index (χ3n) is 2.83. The summed E-state index contributed by atoms with van der Waals surface area (Å²) in [5.41, 5.74) is 0.516. The Balaban J connectivity index is 2.43. The van der Waals surface area contributed by atoms with Crippen LogP contribution in [0.1, 0.15) is 35.8 Å². The lowest BCUT2D eigenvalue weighted by atomic mass is 10.1. The van der Waals surface area contributed by atoms with Crippen molar-refractivity contribution in [2.45, 2.75) is 30.2 Å². The van der Waals surface area contributed by atoms with Gasteiger partial charge in [0.15, 0.2) is 5.69 Å². The minimum atomic E-state index is -1.01. The molecule has 1 aromatic heterocycles. The zero-order chi connectivity index (χ0) is 12.5. The summed E-state index contributed by atoms with van der Waals surface area (Å²) < 4.78 is 0. The van der Waals surface area contributed by atoms with Crippen molar-refractivity contribution in [2.75, 3.05) is 5.75 Å². The van der Waals surface area contributed by atoms with Gasteiger partial charge in [-0.05, 0) is 11.8 Å². The summed E-state index contributed by atoms with van der Waals surface area (Å²) in [5, 5.41) is 9.02. The number of carboxylic acid groups (broad SMARTS) is 1. The maximum atomic E-state index is 11.0. The minimum absolute atomic E-state index is 0.0846. The summed E-state index contributed by atoms with van der Waals surface area (Å²) in [5.74, 6) is -0.226. The van der Waals surface area contributed by atoms with Gasteiger partial charge >= 0.3 is 5.97 Å². The average molecular weight is 248 g/mol. The Hall–Kier alpha value is -1.54. The van der Waals surface area contributed by atoms with Gasteiger partial charge in [-0.2, -0.15) is 0 Å². The lowest BCUT2D eigenvalue weighted by Gasteiger charge is -2.07. The first kappa shape index (κ1) is 11.9. The van der Waals surface area contributed by atoms with Crippen molar-refractivity contribution in [1.82, 2.24) is 4.98 Å². The Morgan fingerprint density at radius 2 is 2.41 bits per heavy atom. The van der Waals surface area contributed by atoms with Crippen LogP contribution in [-0.2, 0) is 5.54 Å². The molecule has 1 aliphatic carbocycles. The molecule has 1 aliphatic rings. The summed E-state index contributed by atoms with van der Waals surface area (Å²) in [4.78, 5) is 19.3. The Kier molecular flexibility index (Phi) is 3.07. The van der Waals surface area contributed by atoms with Crippen LogP contribution in [0.2, 0.25) is 0 Å². The highest BCUT2D eigenvalue weighted by atomic mass is 32.2. The van der Waals surface area contributed by atoms with Crippen LogP contribution in [0.15, 0.2) is 17.2 Å². The molecule has 88 valence electrons. The van der Waals surface area contributed by atoms with Gasteiger partial charge in [0.25, 0.3) is 5.54 Å². The number of aromatic nitrogens is 1. The summed E-state index contributed by atoms with van der Waals surface area (Å²) in [7, 11) is 0. The van der Waals surface area contributed by atoms with E-state index in [0.717, 1.165) is 24.2 Å². The van der Waals surface area contributed by atoms with Gasteiger partial charge in [-0.3, -0.25) is 0 Å². The number of hydrogen-bond acceptors (Lipinski definition) is 3. The van der Waals surface area contributed by atoms with Gasteiger partial charge in [-0.25, -0.2) is 16.4 Å². The van der Waals surface area contributed by atoms with Crippen molar-refractivity contribution in [3.63, 3.8) is 0 Å². The second-order valence-corrected chi connectivity index (χ2v) is 5.26. The summed E-state index contributed by atoms with van der Waals surface area (Å²) in [6.45, 7) is 9.15. The van der Waals surface area contributed by atoms with E-state index in [1.54, 1.807) is 0 Å². The molecule has 1 saturated carbocycles. The highest BCUT2D eigenvalue weighted by Gasteiger charge is 2.53. The van der Waals surface area contributed by atoms with Crippen LogP contribution in [0, 0.1) is 6.57 Å². The molecule has 0 aliphatic heterocycles. The van der Waals surface area contributed by atoms with Gasteiger partial charge in [-0.15, -0.1) is 11.8 Å². The SMILES string of the molecule is [C-]#[N+]C1(c2cnc(C(=O)O)c(SCC)c2)CC1. The van der Waals surface area contributed by atoms with E-state index >= 15 is 0 Å². The molecule has 2 rings (SSSR count). The number of aromatic carboxylic acids is 1. The largest absolute Gasteiger partial charge is 0.476 e. The van der Waals surface area contributed by atoms with E-state index in [1.165, 1.54) is 18.0 Å². The molecule has 0 atom stereocenters. The molecule has 0 saturated heterocycles. The minimum Gasteiger partial charge on any atom is -0.476 e. The number of hydrogen-bond donors (Lipinski definition) is 1. The molecule has 0 spiro atoms. The van der Waals surface area contributed by atoms with Crippen molar-refractivity contribution in [2.24, 2.45) is 0 Å². The molecule has 0 bridgehead atoms. The monoisotopic (exact) mass is 248 g/mol. The quantitative estimate of drug-likeness (QED) is 0.657. The van der Waals surface area contributed by atoms with Crippen molar-refractivity contribution >= 4 is 17.7 Å². The van der Waals surface area contributed by atoms with Crippen LogP contribution >= 0.6 is 11.8 Å². The van der Waals surface area contributed by atoms with Gasteiger partial charge in [0.05, 0.1) is 5.56 Å². The molecule has 1 N–H and O–H groups in total. The standard InChI is InChI=1S/C12H12N2O2S/c1-3-17-9-6-8(12(13-2)4-5-12)7-14-10(9)11(15)16/h6-7H,3-5H2,1H3,(H,15,16). The zero-order valence-corrected chi connectivity index (χ0v) is 10.3. The molecular weight excluding hydrogens is 236 g/mol. The summed E-state index contributed by atoms with van der Waals surface area (Å²) >= 11 is 1.45. The number of pyridine rings is 1. The first-order valence-corrected chi connectivity index (χ1v) is 6.37. The molecule has 0 radical (unpaired) electrons. The maximum absolute atomic E-state index is 11.0. The highest BCUT2D eigenvalue weighted by Crippen LogP contribution is 2.50. The number of thioether (sulfide) groups is 1. The molecule has 1 heterocycles. The second kappa shape index (κ2) is 4.38. The topological polar surface area (TPSA) is 54.5 Å². The normalized spacial score (nSPS) is 16.2. The number of carboxylic acids is 1.